The van der Waals surface area contributed by atoms with E-state index in [1.54, 1.807) is 42.5 Å². The highest BCUT2D eigenvalue weighted by atomic mass is 35.5. The van der Waals surface area contributed by atoms with E-state index in [9.17, 15) is 8.42 Å². The molecule has 0 spiro atoms. The highest BCUT2D eigenvalue weighted by Gasteiger charge is 2.15. The molecular weight excluding hydrogens is 374 g/mol. The minimum atomic E-state index is -3.57. The molecule has 0 fully saturated rings. The van der Waals surface area contributed by atoms with E-state index < -0.39 is 10.0 Å². The van der Waals surface area contributed by atoms with Crippen molar-refractivity contribution in [2.24, 2.45) is 0 Å². The molecule has 1 aromatic heterocycles. The number of nitrogens with one attached hydrogen (secondary N) is 1. The van der Waals surface area contributed by atoms with E-state index in [1.807, 2.05) is 13.8 Å². The Morgan fingerprint density at radius 2 is 1.81 bits per heavy atom. The normalized spacial score (nSPS) is 11.7. The first kappa shape index (κ1) is 18.6. The molecule has 0 aliphatic rings. The number of sulfonamides is 1. The molecule has 0 unspecified atom stereocenters. The number of rotatable bonds is 6. The van der Waals surface area contributed by atoms with Gasteiger partial charge in [-0.2, -0.15) is 4.98 Å². The Bertz CT molecular complexity index is 1010. The summed E-state index contributed by atoms with van der Waals surface area (Å²) in [5.74, 6) is 0.798. The van der Waals surface area contributed by atoms with Gasteiger partial charge in [0, 0.05) is 23.6 Å². The summed E-state index contributed by atoms with van der Waals surface area (Å²) in [6, 6.07) is 12.1. The molecule has 3 aromatic rings. The fourth-order valence-electron chi connectivity index (χ4n) is 2.33. The number of nitrogens with zero attached hydrogens (tertiary/aromatic N) is 2. The van der Waals surface area contributed by atoms with Gasteiger partial charge >= 0.3 is 0 Å². The van der Waals surface area contributed by atoms with Gasteiger partial charge in [-0.25, -0.2) is 13.1 Å². The van der Waals surface area contributed by atoms with Crippen LogP contribution in [0, 0.1) is 13.8 Å². The zero-order valence-electron chi connectivity index (χ0n) is 14.4. The quantitative estimate of drug-likeness (QED) is 0.694. The SMILES string of the molecule is Cc1ccc(S(=O)(=O)NCCc2nc(-c3ccc(Cl)cc3)no2)cc1C. The van der Waals surface area contributed by atoms with Crippen molar-refractivity contribution in [3.8, 4) is 11.4 Å². The van der Waals surface area contributed by atoms with Crippen LogP contribution in [0.4, 0.5) is 0 Å². The lowest BCUT2D eigenvalue weighted by atomic mass is 10.1. The monoisotopic (exact) mass is 391 g/mol. The summed E-state index contributed by atoms with van der Waals surface area (Å²) in [6.45, 7) is 3.98. The first-order chi connectivity index (χ1) is 12.3. The van der Waals surface area contributed by atoms with Crippen LogP contribution in [0.15, 0.2) is 51.9 Å². The van der Waals surface area contributed by atoms with Gasteiger partial charge in [-0.3, -0.25) is 0 Å². The van der Waals surface area contributed by atoms with Crippen molar-refractivity contribution < 1.29 is 12.9 Å². The Morgan fingerprint density at radius 3 is 2.50 bits per heavy atom. The van der Waals surface area contributed by atoms with Gasteiger partial charge in [0.25, 0.3) is 0 Å². The van der Waals surface area contributed by atoms with Crippen LogP contribution >= 0.6 is 11.6 Å². The maximum Gasteiger partial charge on any atom is 0.240 e. The van der Waals surface area contributed by atoms with E-state index >= 15 is 0 Å². The van der Waals surface area contributed by atoms with Crippen LogP contribution in [0.3, 0.4) is 0 Å². The molecule has 0 amide bonds. The molecule has 0 aliphatic carbocycles. The summed E-state index contributed by atoms with van der Waals surface area (Å²) in [4.78, 5) is 4.52. The van der Waals surface area contributed by atoms with Gasteiger partial charge in [-0.15, -0.1) is 0 Å². The van der Waals surface area contributed by atoms with Gasteiger partial charge < -0.3 is 4.52 Å². The summed E-state index contributed by atoms with van der Waals surface area (Å²) >= 11 is 5.86. The number of halogens is 1. The fourth-order valence-corrected chi connectivity index (χ4v) is 3.57. The van der Waals surface area contributed by atoms with Crippen LogP contribution in [0.5, 0.6) is 0 Å². The second-order valence-electron chi connectivity index (χ2n) is 5.91. The maximum absolute atomic E-state index is 12.4. The highest BCUT2D eigenvalue weighted by Crippen LogP contribution is 2.19. The molecule has 3 rings (SSSR count). The predicted molar refractivity (Wildman–Crippen MR) is 99.6 cm³/mol. The van der Waals surface area contributed by atoms with Crippen LogP contribution < -0.4 is 4.72 Å². The van der Waals surface area contributed by atoms with Crippen LogP contribution in [-0.4, -0.2) is 25.1 Å². The van der Waals surface area contributed by atoms with Gasteiger partial charge in [0.05, 0.1) is 4.90 Å². The van der Waals surface area contributed by atoms with Crippen molar-refractivity contribution in [1.29, 1.82) is 0 Å². The smallest absolute Gasteiger partial charge is 0.240 e. The third-order valence-electron chi connectivity index (χ3n) is 3.99. The summed E-state index contributed by atoms with van der Waals surface area (Å²) in [5, 5.41) is 4.53. The van der Waals surface area contributed by atoms with Crippen LogP contribution in [0.25, 0.3) is 11.4 Å². The third-order valence-corrected chi connectivity index (χ3v) is 5.70. The number of hydrogen-bond acceptors (Lipinski definition) is 5. The standard InChI is InChI=1S/C18H18ClN3O3S/c1-12-3-8-16(11-13(12)2)26(23,24)20-10-9-17-21-18(22-25-17)14-4-6-15(19)7-5-14/h3-8,11,20H,9-10H2,1-2H3. The molecule has 2 aromatic carbocycles. The Hall–Kier alpha value is -2.22. The number of benzene rings is 2. The second-order valence-corrected chi connectivity index (χ2v) is 8.12. The number of aromatic nitrogens is 2. The fraction of sp³-hybridized carbons (Fsp3) is 0.222. The van der Waals surface area contributed by atoms with Crippen molar-refractivity contribution in [3.63, 3.8) is 0 Å². The average molecular weight is 392 g/mol. The Morgan fingerprint density at radius 1 is 1.08 bits per heavy atom. The molecule has 8 heteroatoms. The largest absolute Gasteiger partial charge is 0.339 e. The Labute approximate surface area is 157 Å². The predicted octanol–water partition coefficient (Wildman–Crippen LogP) is 3.53. The van der Waals surface area contributed by atoms with Gasteiger partial charge in [-0.1, -0.05) is 22.8 Å². The lowest BCUT2D eigenvalue weighted by molar-refractivity contribution is 0.379. The topological polar surface area (TPSA) is 85.1 Å². The van der Waals surface area contributed by atoms with E-state index in [0.717, 1.165) is 16.7 Å². The number of aryl methyl sites for hydroxylation is 2. The zero-order chi connectivity index (χ0) is 18.7. The summed E-state index contributed by atoms with van der Waals surface area (Å²) in [5.41, 5.74) is 2.75. The van der Waals surface area contributed by atoms with E-state index in [0.29, 0.717) is 23.2 Å². The van der Waals surface area contributed by atoms with E-state index in [4.69, 9.17) is 16.1 Å². The molecule has 1 heterocycles. The number of hydrogen-bond donors (Lipinski definition) is 1. The van der Waals surface area contributed by atoms with Crippen molar-refractivity contribution >= 4 is 21.6 Å². The van der Waals surface area contributed by atoms with Crippen molar-refractivity contribution in [1.82, 2.24) is 14.9 Å². The third kappa shape index (κ3) is 4.30. The van der Waals surface area contributed by atoms with Crippen molar-refractivity contribution in [2.75, 3.05) is 6.54 Å². The van der Waals surface area contributed by atoms with E-state index in [-0.39, 0.29) is 11.4 Å². The van der Waals surface area contributed by atoms with Crippen molar-refractivity contribution in [3.05, 3.63) is 64.5 Å². The molecule has 0 bridgehead atoms. The van der Waals surface area contributed by atoms with Gasteiger partial charge in [0.1, 0.15) is 0 Å². The molecule has 0 aliphatic heterocycles. The minimum Gasteiger partial charge on any atom is -0.339 e. The zero-order valence-corrected chi connectivity index (χ0v) is 15.9. The molecule has 0 saturated heterocycles. The van der Waals surface area contributed by atoms with Gasteiger partial charge in [-0.05, 0) is 61.4 Å². The molecule has 0 saturated carbocycles. The molecule has 136 valence electrons. The summed E-state index contributed by atoms with van der Waals surface area (Å²) in [7, 11) is -3.57. The minimum absolute atomic E-state index is 0.164. The molecule has 0 atom stereocenters. The Kier molecular flexibility index (Phi) is 5.41. The average Bonchev–Trinajstić information content (AvgIpc) is 3.06. The Balaban J connectivity index is 1.62. The molecule has 26 heavy (non-hydrogen) atoms. The maximum atomic E-state index is 12.4. The van der Waals surface area contributed by atoms with Crippen molar-refractivity contribution in [2.45, 2.75) is 25.2 Å². The summed E-state index contributed by atoms with van der Waals surface area (Å²) < 4.78 is 32.4. The van der Waals surface area contributed by atoms with Gasteiger partial charge in [0.15, 0.2) is 0 Å². The lowest BCUT2D eigenvalue weighted by Crippen LogP contribution is -2.26. The van der Waals surface area contributed by atoms with Crippen LogP contribution in [-0.2, 0) is 16.4 Å². The molecule has 0 radical (unpaired) electrons. The first-order valence-electron chi connectivity index (χ1n) is 8.00. The molecule has 6 nitrogen and oxygen atoms in total. The lowest BCUT2D eigenvalue weighted by Gasteiger charge is -2.07. The van der Waals surface area contributed by atoms with Gasteiger partial charge in [0.2, 0.25) is 21.7 Å². The van der Waals surface area contributed by atoms with Crippen LogP contribution in [0.2, 0.25) is 5.02 Å². The van der Waals surface area contributed by atoms with E-state index in [1.165, 1.54) is 0 Å². The first-order valence-corrected chi connectivity index (χ1v) is 9.87. The summed E-state index contributed by atoms with van der Waals surface area (Å²) in [6.07, 6.45) is 0.296. The molecular formula is C18H18ClN3O3S. The highest BCUT2D eigenvalue weighted by molar-refractivity contribution is 7.89. The van der Waals surface area contributed by atoms with E-state index in [2.05, 4.69) is 14.9 Å². The molecule has 1 N–H and O–H groups in total. The second kappa shape index (κ2) is 7.57. The van der Waals surface area contributed by atoms with Crippen LogP contribution in [0.1, 0.15) is 17.0 Å².